The Kier molecular flexibility index (Phi) is 7.38. The van der Waals surface area contributed by atoms with Gasteiger partial charge in [-0.05, 0) is 30.2 Å². The first-order chi connectivity index (χ1) is 13.7. The van der Waals surface area contributed by atoms with Crippen LogP contribution in [0.5, 0.6) is 11.5 Å². The third-order valence-electron chi connectivity index (χ3n) is 5.54. The van der Waals surface area contributed by atoms with Crippen LogP contribution in [-0.4, -0.2) is 31.1 Å². The minimum absolute atomic E-state index is 0.798. The molecule has 2 aromatic rings. The zero-order valence-corrected chi connectivity index (χ0v) is 18.0. The van der Waals surface area contributed by atoms with Crippen molar-refractivity contribution < 1.29 is 14.0 Å². The Bertz CT molecular complexity index is 844. The molecule has 0 amide bonds. The third-order valence-corrected chi connectivity index (χ3v) is 5.91. The van der Waals surface area contributed by atoms with Crippen LogP contribution in [0.3, 0.4) is 0 Å². The average molecular weight is 401 g/mol. The van der Waals surface area contributed by atoms with Crippen molar-refractivity contribution >= 4 is 17.3 Å². The van der Waals surface area contributed by atoms with Gasteiger partial charge < -0.3 is 9.47 Å². The third kappa shape index (κ3) is 4.70. The van der Waals surface area contributed by atoms with Crippen molar-refractivity contribution in [3.8, 4) is 11.5 Å². The fraction of sp³-hybridized carbons (Fsp3) is 0.458. The van der Waals surface area contributed by atoms with Gasteiger partial charge in [-0.2, -0.15) is 0 Å². The van der Waals surface area contributed by atoms with E-state index in [2.05, 4.69) is 35.8 Å². The molecule has 0 saturated heterocycles. The summed E-state index contributed by atoms with van der Waals surface area (Å²) in [5.41, 5.74) is 5.23. The van der Waals surface area contributed by atoms with Gasteiger partial charge in [0.25, 0.3) is 0 Å². The second-order valence-corrected chi connectivity index (χ2v) is 7.79. The quantitative estimate of drug-likeness (QED) is 0.387. The number of hydrogen-bond donors (Lipinski definition) is 0. The van der Waals surface area contributed by atoms with Crippen molar-refractivity contribution in [2.24, 2.45) is 0 Å². The second-order valence-electron chi connectivity index (χ2n) is 7.38. The van der Waals surface area contributed by atoms with Crippen LogP contribution in [0.25, 0.3) is 0 Å². The van der Waals surface area contributed by atoms with Gasteiger partial charge in [0.15, 0.2) is 23.8 Å². The van der Waals surface area contributed by atoms with Crippen molar-refractivity contribution in [2.75, 3.05) is 20.8 Å². The van der Waals surface area contributed by atoms with Gasteiger partial charge in [-0.3, -0.25) is 0 Å². The topological polar surface area (TPSA) is 21.5 Å². The molecule has 0 N–H and O–H groups in total. The van der Waals surface area contributed by atoms with E-state index < -0.39 is 0 Å². The van der Waals surface area contributed by atoms with E-state index in [-0.39, 0.29) is 0 Å². The standard InChI is InChI=1S/C24H31ClNO2/c1-4-5-6-7-12-22-20-16-24(28-3)23(27-2)15-18(20)13-14-26(22)17-19-10-8-9-11-21(19)25/h8-11,15-16H,4-7,12-14,17H2,1-3H3/q+1. The van der Waals surface area contributed by atoms with E-state index in [4.69, 9.17) is 21.1 Å². The first kappa shape index (κ1) is 20.7. The molecule has 150 valence electrons. The highest BCUT2D eigenvalue weighted by Crippen LogP contribution is 2.33. The lowest BCUT2D eigenvalue weighted by Gasteiger charge is -2.21. The van der Waals surface area contributed by atoms with Crippen molar-refractivity contribution in [3.05, 3.63) is 58.1 Å². The van der Waals surface area contributed by atoms with Crippen LogP contribution in [0, 0.1) is 0 Å². The van der Waals surface area contributed by atoms with Crippen molar-refractivity contribution in [3.63, 3.8) is 0 Å². The Hall–Kier alpha value is -2.00. The number of methoxy groups -OCH3 is 2. The summed E-state index contributed by atoms with van der Waals surface area (Å²) in [5, 5.41) is 0.839. The van der Waals surface area contributed by atoms with Gasteiger partial charge >= 0.3 is 0 Å². The normalized spacial score (nSPS) is 13.4. The Morgan fingerprint density at radius 1 is 1.00 bits per heavy atom. The average Bonchev–Trinajstić information content (AvgIpc) is 2.72. The number of unbranched alkanes of at least 4 members (excludes halogenated alkanes) is 3. The lowest BCUT2D eigenvalue weighted by molar-refractivity contribution is -0.545. The van der Waals surface area contributed by atoms with Gasteiger partial charge in [0.1, 0.15) is 6.54 Å². The Morgan fingerprint density at radius 3 is 2.46 bits per heavy atom. The summed E-state index contributed by atoms with van der Waals surface area (Å²) in [6.07, 6.45) is 7.08. The Balaban J connectivity index is 1.99. The summed E-state index contributed by atoms with van der Waals surface area (Å²) < 4.78 is 13.6. The van der Waals surface area contributed by atoms with Crippen molar-refractivity contribution in [2.45, 2.75) is 52.0 Å². The molecule has 1 aliphatic heterocycles. The minimum Gasteiger partial charge on any atom is -0.493 e. The predicted molar refractivity (Wildman–Crippen MR) is 116 cm³/mol. The molecule has 0 atom stereocenters. The summed E-state index contributed by atoms with van der Waals surface area (Å²) in [5.74, 6) is 1.61. The molecular weight excluding hydrogens is 370 g/mol. The van der Waals surface area contributed by atoms with Gasteiger partial charge in [0, 0.05) is 24.0 Å². The van der Waals surface area contributed by atoms with Gasteiger partial charge in [-0.25, -0.2) is 4.58 Å². The molecule has 4 heteroatoms. The summed E-state index contributed by atoms with van der Waals surface area (Å²) in [6.45, 7) is 4.09. The molecule has 0 radical (unpaired) electrons. The van der Waals surface area contributed by atoms with E-state index in [0.29, 0.717) is 0 Å². The highest BCUT2D eigenvalue weighted by molar-refractivity contribution is 6.31. The lowest BCUT2D eigenvalue weighted by Crippen LogP contribution is -2.30. The van der Waals surface area contributed by atoms with Crippen LogP contribution in [0.2, 0.25) is 5.02 Å². The van der Waals surface area contributed by atoms with Crippen LogP contribution in [0.15, 0.2) is 36.4 Å². The maximum Gasteiger partial charge on any atom is 0.184 e. The Morgan fingerprint density at radius 2 is 1.75 bits per heavy atom. The van der Waals surface area contributed by atoms with Crippen LogP contribution in [-0.2, 0) is 13.0 Å². The van der Waals surface area contributed by atoms with Crippen LogP contribution in [0.4, 0.5) is 0 Å². The smallest absolute Gasteiger partial charge is 0.184 e. The first-order valence-electron chi connectivity index (χ1n) is 10.3. The molecular formula is C24H31ClNO2+. The summed E-state index contributed by atoms with van der Waals surface area (Å²) in [4.78, 5) is 0. The maximum atomic E-state index is 6.45. The SMILES string of the molecule is CCCCCCC1=[N+](Cc2ccccc2Cl)CCc2cc(OC)c(OC)cc21. The van der Waals surface area contributed by atoms with Gasteiger partial charge in [0.05, 0.1) is 19.2 Å². The van der Waals surface area contributed by atoms with Gasteiger partial charge in [-0.15, -0.1) is 0 Å². The van der Waals surface area contributed by atoms with Gasteiger partial charge in [0.2, 0.25) is 0 Å². The first-order valence-corrected chi connectivity index (χ1v) is 10.6. The monoisotopic (exact) mass is 400 g/mol. The summed E-state index contributed by atoms with van der Waals surface area (Å²) >= 11 is 6.45. The molecule has 0 unspecified atom stereocenters. The molecule has 0 spiro atoms. The zero-order valence-electron chi connectivity index (χ0n) is 17.3. The molecule has 0 aliphatic carbocycles. The molecule has 3 rings (SSSR count). The van der Waals surface area contributed by atoms with Gasteiger partial charge in [-0.1, -0.05) is 56.0 Å². The van der Waals surface area contributed by atoms with E-state index in [9.17, 15) is 0 Å². The Labute approximate surface area is 173 Å². The molecule has 1 heterocycles. The van der Waals surface area contributed by atoms with Crippen molar-refractivity contribution in [1.29, 1.82) is 0 Å². The molecule has 28 heavy (non-hydrogen) atoms. The number of nitrogens with zero attached hydrogens (tertiary/aromatic N) is 1. The molecule has 0 bridgehead atoms. The number of fused-ring (bicyclic) bond motifs is 1. The van der Waals surface area contributed by atoms with E-state index in [1.807, 2.05) is 12.1 Å². The van der Waals surface area contributed by atoms with Crippen LogP contribution < -0.4 is 9.47 Å². The number of halogens is 1. The van der Waals surface area contributed by atoms with Crippen LogP contribution >= 0.6 is 11.6 Å². The highest BCUT2D eigenvalue weighted by atomic mass is 35.5. The van der Waals surface area contributed by atoms with E-state index in [1.54, 1.807) is 14.2 Å². The van der Waals surface area contributed by atoms with E-state index >= 15 is 0 Å². The largest absolute Gasteiger partial charge is 0.493 e. The predicted octanol–water partition coefficient (Wildman–Crippen LogP) is 5.89. The zero-order chi connectivity index (χ0) is 19.9. The number of rotatable bonds is 9. The van der Waals surface area contributed by atoms with Crippen molar-refractivity contribution in [1.82, 2.24) is 0 Å². The summed E-state index contributed by atoms with van der Waals surface area (Å²) in [7, 11) is 3.40. The fourth-order valence-electron chi connectivity index (χ4n) is 3.98. The molecule has 0 aromatic heterocycles. The minimum atomic E-state index is 0.798. The number of benzene rings is 2. The highest BCUT2D eigenvalue weighted by Gasteiger charge is 2.28. The number of hydrogen-bond acceptors (Lipinski definition) is 2. The van der Waals surface area contributed by atoms with E-state index in [0.717, 1.165) is 42.5 Å². The fourth-order valence-corrected chi connectivity index (χ4v) is 4.17. The molecule has 0 fully saturated rings. The summed E-state index contributed by atoms with van der Waals surface area (Å²) in [6, 6.07) is 12.5. The molecule has 0 saturated carbocycles. The molecule has 2 aromatic carbocycles. The molecule has 3 nitrogen and oxygen atoms in total. The van der Waals surface area contributed by atoms with Crippen LogP contribution in [0.1, 0.15) is 55.7 Å². The van der Waals surface area contributed by atoms with E-state index in [1.165, 1.54) is 48.1 Å². The molecule has 1 aliphatic rings. The maximum absolute atomic E-state index is 6.45. The number of ether oxygens (including phenoxy) is 2. The second kappa shape index (κ2) is 9.97. The lowest BCUT2D eigenvalue weighted by atomic mass is 9.92.